The number of halogens is 1. The van der Waals surface area contributed by atoms with Gasteiger partial charge in [0.25, 0.3) is 0 Å². The van der Waals surface area contributed by atoms with Gasteiger partial charge >= 0.3 is 7.12 Å². The number of pyridine rings is 4. The first-order chi connectivity index (χ1) is 44.8. The van der Waals surface area contributed by atoms with Crippen LogP contribution in [0.1, 0.15) is 40.2 Å². The number of thiophene rings is 2. The maximum Gasteiger partial charge on any atom is 0.495 e. The van der Waals surface area contributed by atoms with Crippen LogP contribution in [0.4, 0.5) is 0 Å². The third-order valence-electron chi connectivity index (χ3n) is 17.7. The van der Waals surface area contributed by atoms with Gasteiger partial charge in [-0.05, 0) is 164 Å². The topological polar surface area (TPSA) is 118 Å². The lowest BCUT2D eigenvalue weighted by molar-refractivity contribution is 0.00578. The SMILES string of the molecule is CC1(C)OB(c2cccc3sc4ccc(-c5ccc6ccc7cccnc7c6n5)cc4c23)OC1(C)C.N#Cc1cccc(-c2ccc(-c3cccc4sc5ccc(-c6ccc7ccc8cccnc8c7n6)cc5c34)cc2)c1.N#Cc1cccc(-c2ccc(Br)cc2)c1.[2HH]. The second-order valence-electron chi connectivity index (χ2n) is 23.9. The number of hydrogen-bond donors (Lipinski definition) is 0. The van der Waals surface area contributed by atoms with Crippen LogP contribution in [0, 0.1) is 22.7 Å². The highest BCUT2D eigenvalue weighted by Gasteiger charge is 2.52. The Kier molecular flexibility index (Phi) is 15.1. The Balaban J connectivity index is 0.000000132. The number of nitriles is 2. The van der Waals surface area contributed by atoms with Gasteiger partial charge in [0.15, 0.2) is 0 Å². The molecule has 0 amide bonds. The van der Waals surface area contributed by atoms with E-state index in [1.165, 1.54) is 51.5 Å². The summed E-state index contributed by atoms with van der Waals surface area (Å²) in [5.41, 5.74) is 16.2. The zero-order valence-electron chi connectivity index (χ0n) is 50.5. The number of hydrogen-bond acceptors (Lipinski definition) is 10. The first-order valence-corrected chi connectivity index (χ1v) is 32.7. The molecule has 12 heteroatoms. The molecule has 0 atom stereocenters. The summed E-state index contributed by atoms with van der Waals surface area (Å²) in [5, 5.41) is 27.4. The molecular formula is C80H56BBrN6O2S2. The molecule has 0 spiro atoms. The van der Waals surface area contributed by atoms with Gasteiger partial charge in [-0.15, -0.1) is 22.7 Å². The predicted octanol–water partition coefficient (Wildman–Crippen LogP) is 21.4. The van der Waals surface area contributed by atoms with Crippen LogP contribution in [0.15, 0.2) is 260 Å². The van der Waals surface area contributed by atoms with E-state index in [2.05, 4.69) is 223 Å². The summed E-state index contributed by atoms with van der Waals surface area (Å²) in [6, 6.07) is 87.7. The van der Waals surface area contributed by atoms with Crippen LogP contribution >= 0.6 is 38.6 Å². The van der Waals surface area contributed by atoms with Gasteiger partial charge in [0, 0.05) is 91.3 Å². The Morgan fingerprint density at radius 2 is 0.837 bits per heavy atom. The molecule has 0 aliphatic carbocycles. The fourth-order valence-electron chi connectivity index (χ4n) is 12.2. The fourth-order valence-corrected chi connectivity index (χ4v) is 14.7. The van der Waals surface area contributed by atoms with Gasteiger partial charge in [-0.25, -0.2) is 9.97 Å². The average Bonchev–Trinajstić information content (AvgIpc) is 1.65. The minimum atomic E-state index is -0.406. The van der Waals surface area contributed by atoms with Crippen molar-refractivity contribution in [2.75, 3.05) is 0 Å². The molecule has 8 nitrogen and oxygen atoms in total. The zero-order valence-corrected chi connectivity index (χ0v) is 53.7. The minimum Gasteiger partial charge on any atom is -0.399 e. The summed E-state index contributed by atoms with van der Waals surface area (Å²) in [4.78, 5) is 19.4. The lowest BCUT2D eigenvalue weighted by Gasteiger charge is -2.32. The molecule has 0 saturated carbocycles. The lowest BCUT2D eigenvalue weighted by atomic mass is 9.76. The molecule has 1 aliphatic rings. The summed E-state index contributed by atoms with van der Waals surface area (Å²) in [6.07, 6.45) is 3.66. The Morgan fingerprint density at radius 3 is 1.36 bits per heavy atom. The third kappa shape index (κ3) is 10.9. The van der Waals surface area contributed by atoms with Crippen molar-refractivity contribution in [1.29, 1.82) is 10.5 Å². The molecule has 1 fully saturated rings. The Labute approximate surface area is 550 Å². The number of benzene rings is 10. The van der Waals surface area contributed by atoms with Gasteiger partial charge in [-0.3, -0.25) is 9.97 Å². The quantitative estimate of drug-likeness (QED) is 0.119. The van der Waals surface area contributed by atoms with E-state index in [0.29, 0.717) is 11.1 Å². The number of aromatic nitrogens is 4. The van der Waals surface area contributed by atoms with Crippen molar-refractivity contribution in [3.8, 4) is 68.0 Å². The highest BCUT2D eigenvalue weighted by molar-refractivity contribution is 9.10. The van der Waals surface area contributed by atoms with Gasteiger partial charge in [0.2, 0.25) is 0 Å². The van der Waals surface area contributed by atoms with E-state index in [0.717, 1.165) is 98.3 Å². The van der Waals surface area contributed by atoms with Crippen LogP contribution in [0.25, 0.3) is 140 Å². The second kappa shape index (κ2) is 23.8. The van der Waals surface area contributed by atoms with E-state index in [1.54, 1.807) is 11.3 Å². The van der Waals surface area contributed by atoms with Crippen molar-refractivity contribution in [2.45, 2.75) is 38.9 Å². The molecular weight excluding hydrogens is 1230 g/mol. The van der Waals surface area contributed by atoms with Crippen LogP contribution in [-0.2, 0) is 9.31 Å². The van der Waals surface area contributed by atoms with E-state index in [9.17, 15) is 5.26 Å². The standard InChI is InChI=1S/C37H21N3S.C30H25BN2O2S.C13H8BrN.H2/c38-22-23-4-1-5-28(20-23)24-9-11-25(12-10-24)30-7-2-8-34-35(30)31-21-29(16-18-33(31)41-34)32-17-15-27-14-13-26-6-3-19-39-36(26)37(27)40-32;1-29(2)30(3,4)35-31(34-29)22-8-5-9-25-26(22)21-17-20(13-15-24(21)36-25)23-14-12-19-11-10-18-7-6-16-32-27(18)28(19)33-23;14-13-6-4-11(5-7-13)12-3-1-2-10(8-12)9-15;/h1-21H;5-17H,1-4H3;1-8H;1H/i;;;1+1. The third-order valence-corrected chi connectivity index (χ3v) is 20.5. The molecule has 0 radical (unpaired) electrons. The van der Waals surface area contributed by atoms with Crippen molar-refractivity contribution in [1.82, 2.24) is 19.9 Å². The number of rotatable bonds is 6. The van der Waals surface area contributed by atoms with E-state index in [-0.39, 0.29) is 12.6 Å². The van der Waals surface area contributed by atoms with E-state index < -0.39 is 7.12 Å². The van der Waals surface area contributed by atoms with Gasteiger partial charge in [-0.1, -0.05) is 162 Å². The van der Waals surface area contributed by atoms with E-state index in [1.807, 2.05) is 109 Å². The van der Waals surface area contributed by atoms with Crippen LogP contribution in [0.5, 0.6) is 0 Å². The molecule has 92 heavy (non-hydrogen) atoms. The fraction of sp³-hybridized carbons (Fsp3) is 0.0750. The molecule has 17 rings (SSSR count). The van der Waals surface area contributed by atoms with E-state index >= 15 is 0 Å². The predicted molar refractivity (Wildman–Crippen MR) is 388 cm³/mol. The first kappa shape index (κ1) is 58.1. The molecule has 6 aromatic heterocycles. The van der Waals surface area contributed by atoms with Crippen LogP contribution in [0.2, 0.25) is 0 Å². The summed E-state index contributed by atoms with van der Waals surface area (Å²) in [7, 11) is -0.406. The highest BCUT2D eigenvalue weighted by atomic mass is 79.9. The molecule has 16 aromatic rings. The first-order valence-electron chi connectivity index (χ1n) is 30.3. The van der Waals surface area contributed by atoms with Gasteiger partial charge in [0.1, 0.15) is 0 Å². The van der Waals surface area contributed by atoms with Crippen LogP contribution in [-0.4, -0.2) is 38.3 Å². The lowest BCUT2D eigenvalue weighted by Crippen LogP contribution is -2.41. The monoisotopic (exact) mass is 1290 g/mol. The van der Waals surface area contributed by atoms with Crippen molar-refractivity contribution < 1.29 is 10.7 Å². The van der Waals surface area contributed by atoms with Crippen LogP contribution < -0.4 is 5.46 Å². The maximum absolute atomic E-state index is 9.29. The van der Waals surface area contributed by atoms with Crippen molar-refractivity contribution >= 4 is 135 Å². The maximum atomic E-state index is 9.29. The van der Waals surface area contributed by atoms with Crippen molar-refractivity contribution in [3.63, 3.8) is 0 Å². The van der Waals surface area contributed by atoms with Crippen LogP contribution in [0.3, 0.4) is 0 Å². The highest BCUT2D eigenvalue weighted by Crippen LogP contribution is 2.44. The van der Waals surface area contributed by atoms with Crippen molar-refractivity contribution in [3.05, 3.63) is 271 Å². The summed E-state index contributed by atoms with van der Waals surface area (Å²) < 4.78 is 18.9. The summed E-state index contributed by atoms with van der Waals surface area (Å²) >= 11 is 7.02. The molecule has 1 aliphatic heterocycles. The molecule has 10 aromatic carbocycles. The smallest absolute Gasteiger partial charge is 0.399 e. The molecule has 7 heterocycles. The normalized spacial score (nSPS) is 13.3. The molecule has 0 unspecified atom stereocenters. The molecule has 440 valence electrons. The molecule has 0 N–H and O–H groups in total. The second-order valence-corrected chi connectivity index (χ2v) is 27.0. The molecule has 1 saturated heterocycles. The molecule has 0 bridgehead atoms. The number of fused-ring (bicyclic) bond motifs is 12. The van der Waals surface area contributed by atoms with Gasteiger partial charge in [-0.2, -0.15) is 10.5 Å². The minimum absolute atomic E-state index is 0. The summed E-state index contributed by atoms with van der Waals surface area (Å²) in [5.74, 6) is 0. The Morgan fingerprint density at radius 1 is 0.402 bits per heavy atom. The Bertz CT molecular complexity index is 5670. The number of nitrogens with zero attached hydrogens (tertiary/aromatic N) is 6. The van der Waals surface area contributed by atoms with E-state index in [4.69, 9.17) is 24.5 Å². The van der Waals surface area contributed by atoms with Crippen molar-refractivity contribution in [2.24, 2.45) is 0 Å². The van der Waals surface area contributed by atoms with Gasteiger partial charge < -0.3 is 9.31 Å². The zero-order chi connectivity index (χ0) is 62.7. The largest absolute Gasteiger partial charge is 0.495 e. The Hall–Kier alpha value is -10.3. The summed E-state index contributed by atoms with van der Waals surface area (Å²) in [6.45, 7) is 8.39. The van der Waals surface area contributed by atoms with Gasteiger partial charge in [0.05, 0.1) is 67.9 Å². The average molecular weight is 1290 g/mol.